The number of rotatable bonds is 6. The lowest BCUT2D eigenvalue weighted by molar-refractivity contribution is -0.394. The van der Waals surface area contributed by atoms with Crippen LogP contribution in [0.2, 0.25) is 0 Å². The minimum Gasteiger partial charge on any atom is -0.493 e. The normalized spacial score (nSPS) is 23.8. The van der Waals surface area contributed by atoms with Crippen LogP contribution in [0.3, 0.4) is 0 Å². The van der Waals surface area contributed by atoms with Gasteiger partial charge in [-0.3, -0.25) is 20.2 Å². The van der Waals surface area contributed by atoms with Gasteiger partial charge in [0.05, 0.1) is 34.5 Å². The Morgan fingerprint density at radius 2 is 1.64 bits per heavy atom. The molecule has 1 aliphatic rings. The molecule has 0 spiro atoms. The van der Waals surface area contributed by atoms with Crippen molar-refractivity contribution in [3.63, 3.8) is 0 Å². The predicted molar refractivity (Wildman–Crippen MR) is 109 cm³/mol. The molecular formula is C21H17F5N2O8. The minimum atomic E-state index is -5.01. The second-order valence-electron chi connectivity index (χ2n) is 8.05. The molecule has 3 rings (SSSR count). The molecule has 1 heterocycles. The van der Waals surface area contributed by atoms with Gasteiger partial charge in [-0.2, -0.15) is 17.6 Å². The van der Waals surface area contributed by atoms with Crippen molar-refractivity contribution >= 4 is 17.3 Å². The fraction of sp³-hybridized carbons (Fsp3) is 0.381. The van der Waals surface area contributed by atoms with Crippen LogP contribution in [0.1, 0.15) is 35.7 Å². The number of nitro benzene ring substituents is 2. The zero-order valence-corrected chi connectivity index (χ0v) is 18.7. The average Bonchev–Trinajstić information content (AvgIpc) is 3.05. The van der Waals surface area contributed by atoms with E-state index in [4.69, 9.17) is 14.2 Å². The van der Waals surface area contributed by atoms with E-state index in [1.807, 2.05) is 0 Å². The Morgan fingerprint density at radius 1 is 1.08 bits per heavy atom. The standard InChI is InChI=1S/C21H17F5N2O8/c1-9-15(13-4-5-14(22)16(23)17(13)34-3)19(36-20(9,2)21(24,25)26)35-18(29)10-6-11(27(30)31)8-12(7-10)28(32)33/h4-9,15,19H,1-3H3/t9-,15-,19+,20+/m0/s1. The van der Waals surface area contributed by atoms with Gasteiger partial charge in [0, 0.05) is 23.6 Å². The third-order valence-electron chi connectivity index (χ3n) is 6.05. The first-order valence-corrected chi connectivity index (χ1v) is 10.0. The van der Waals surface area contributed by atoms with Crippen molar-refractivity contribution in [2.75, 3.05) is 7.11 Å². The topological polar surface area (TPSA) is 131 Å². The highest BCUT2D eigenvalue weighted by Crippen LogP contribution is 2.55. The number of carbonyl (C=O) groups excluding carboxylic acids is 1. The van der Waals surface area contributed by atoms with Crippen LogP contribution >= 0.6 is 0 Å². The summed E-state index contributed by atoms with van der Waals surface area (Å²) in [6, 6.07) is 3.42. The summed E-state index contributed by atoms with van der Waals surface area (Å²) in [7, 11) is 0.952. The lowest BCUT2D eigenvalue weighted by Gasteiger charge is -2.31. The highest BCUT2D eigenvalue weighted by molar-refractivity contribution is 5.91. The summed E-state index contributed by atoms with van der Waals surface area (Å²) in [5.74, 6) is -8.18. The second kappa shape index (κ2) is 9.29. The number of benzene rings is 2. The van der Waals surface area contributed by atoms with Gasteiger partial charge in [-0.1, -0.05) is 13.0 Å². The molecule has 194 valence electrons. The Balaban J connectivity index is 2.10. The number of carbonyl (C=O) groups is 1. The SMILES string of the molecule is COc1c([C@H]2[C@H](OC(=O)c3cc([N+](=O)[O-])cc([N+](=O)[O-])c3)O[C@@](C)(C(F)(F)F)[C@H]2C)ccc(F)c1F. The molecule has 15 heteroatoms. The number of non-ortho nitro benzene ring substituents is 2. The molecule has 4 atom stereocenters. The quantitative estimate of drug-likeness (QED) is 0.224. The van der Waals surface area contributed by atoms with Crippen molar-refractivity contribution in [1.29, 1.82) is 0 Å². The van der Waals surface area contributed by atoms with Gasteiger partial charge in [-0.05, 0) is 13.0 Å². The molecule has 0 unspecified atom stereocenters. The van der Waals surface area contributed by atoms with Gasteiger partial charge in [-0.15, -0.1) is 0 Å². The molecule has 0 radical (unpaired) electrons. The number of alkyl halides is 3. The third-order valence-corrected chi connectivity index (χ3v) is 6.05. The number of nitrogens with zero attached hydrogens (tertiary/aromatic N) is 2. The van der Waals surface area contributed by atoms with E-state index in [-0.39, 0.29) is 5.56 Å². The molecular weight excluding hydrogens is 503 g/mol. The second-order valence-corrected chi connectivity index (χ2v) is 8.05. The van der Waals surface area contributed by atoms with Crippen LogP contribution in [-0.2, 0) is 9.47 Å². The van der Waals surface area contributed by atoms with E-state index in [0.717, 1.165) is 20.1 Å². The Hall–Kier alpha value is -3.88. The summed E-state index contributed by atoms with van der Waals surface area (Å²) >= 11 is 0. The van der Waals surface area contributed by atoms with Crippen molar-refractivity contribution in [1.82, 2.24) is 0 Å². The molecule has 0 bridgehead atoms. The summed E-state index contributed by atoms with van der Waals surface area (Å²) in [6.07, 6.45) is -7.08. The molecule has 1 aliphatic heterocycles. The maximum atomic E-state index is 14.4. The minimum absolute atomic E-state index is 0.306. The van der Waals surface area contributed by atoms with Crippen LogP contribution in [-0.4, -0.2) is 41.0 Å². The van der Waals surface area contributed by atoms with Gasteiger partial charge in [0.15, 0.2) is 17.2 Å². The molecule has 2 aromatic carbocycles. The van der Waals surface area contributed by atoms with Crippen LogP contribution in [0.4, 0.5) is 33.3 Å². The lowest BCUT2D eigenvalue weighted by atomic mass is 9.79. The highest BCUT2D eigenvalue weighted by atomic mass is 19.4. The first kappa shape index (κ1) is 26.7. The maximum absolute atomic E-state index is 14.4. The van der Waals surface area contributed by atoms with E-state index < -0.39 is 80.0 Å². The van der Waals surface area contributed by atoms with Crippen LogP contribution < -0.4 is 4.74 Å². The number of hydrogen-bond donors (Lipinski definition) is 0. The van der Waals surface area contributed by atoms with Gasteiger partial charge < -0.3 is 14.2 Å². The van der Waals surface area contributed by atoms with Crippen molar-refractivity contribution < 1.29 is 50.8 Å². The molecule has 0 amide bonds. The summed E-state index contributed by atoms with van der Waals surface area (Å²) in [5.41, 5.74) is -5.66. The lowest BCUT2D eigenvalue weighted by Crippen LogP contribution is -2.47. The van der Waals surface area contributed by atoms with Crippen LogP contribution in [0.15, 0.2) is 30.3 Å². The predicted octanol–water partition coefficient (Wildman–Crippen LogP) is 5.04. The number of nitro groups is 2. The van der Waals surface area contributed by atoms with Crippen molar-refractivity contribution in [2.45, 2.75) is 37.8 Å². The first-order valence-electron chi connectivity index (χ1n) is 10.0. The zero-order chi connectivity index (χ0) is 27.2. The number of ether oxygens (including phenoxy) is 3. The summed E-state index contributed by atoms with van der Waals surface area (Å²) in [5, 5.41) is 22.2. The maximum Gasteiger partial charge on any atom is 0.417 e. The first-order chi connectivity index (χ1) is 16.6. The molecule has 0 saturated carbocycles. The zero-order valence-electron chi connectivity index (χ0n) is 18.7. The Labute approximate surface area is 198 Å². The van der Waals surface area contributed by atoms with Crippen LogP contribution in [0.5, 0.6) is 5.75 Å². The number of esters is 1. The molecule has 10 nitrogen and oxygen atoms in total. The van der Waals surface area contributed by atoms with E-state index in [0.29, 0.717) is 31.2 Å². The smallest absolute Gasteiger partial charge is 0.417 e. The summed E-state index contributed by atoms with van der Waals surface area (Å²) in [6.45, 7) is 1.76. The molecule has 2 aromatic rings. The van der Waals surface area contributed by atoms with Gasteiger partial charge >= 0.3 is 12.1 Å². The number of hydrogen-bond acceptors (Lipinski definition) is 8. The Morgan fingerprint density at radius 3 is 2.11 bits per heavy atom. The van der Waals surface area contributed by atoms with E-state index in [9.17, 15) is 47.0 Å². The highest BCUT2D eigenvalue weighted by Gasteiger charge is 2.65. The molecule has 0 aromatic heterocycles. The monoisotopic (exact) mass is 520 g/mol. The van der Waals surface area contributed by atoms with Gasteiger partial charge in [0.1, 0.15) is 0 Å². The average molecular weight is 520 g/mol. The molecule has 36 heavy (non-hydrogen) atoms. The third kappa shape index (κ3) is 4.53. The summed E-state index contributed by atoms with van der Waals surface area (Å²) in [4.78, 5) is 32.9. The van der Waals surface area contributed by atoms with Crippen molar-refractivity contribution in [3.8, 4) is 5.75 Å². The Kier molecular flexibility index (Phi) is 6.90. The van der Waals surface area contributed by atoms with E-state index in [2.05, 4.69) is 0 Å². The van der Waals surface area contributed by atoms with Crippen molar-refractivity contribution in [3.05, 3.63) is 73.3 Å². The van der Waals surface area contributed by atoms with Gasteiger partial charge in [0.2, 0.25) is 12.1 Å². The van der Waals surface area contributed by atoms with Crippen molar-refractivity contribution in [2.24, 2.45) is 5.92 Å². The number of halogens is 5. The van der Waals surface area contributed by atoms with Crippen LogP contribution in [0, 0.1) is 37.8 Å². The molecule has 0 aliphatic carbocycles. The fourth-order valence-electron chi connectivity index (χ4n) is 3.95. The van der Waals surface area contributed by atoms with Crippen LogP contribution in [0.25, 0.3) is 0 Å². The largest absolute Gasteiger partial charge is 0.493 e. The molecule has 1 fully saturated rings. The van der Waals surface area contributed by atoms with E-state index in [1.54, 1.807) is 0 Å². The van der Waals surface area contributed by atoms with Gasteiger partial charge in [-0.25, -0.2) is 9.18 Å². The number of methoxy groups -OCH3 is 1. The van der Waals surface area contributed by atoms with Gasteiger partial charge in [0.25, 0.3) is 11.4 Å². The van der Waals surface area contributed by atoms with E-state index >= 15 is 0 Å². The molecule has 0 N–H and O–H groups in total. The summed E-state index contributed by atoms with van der Waals surface area (Å²) < 4.78 is 85.0. The van der Waals surface area contributed by atoms with E-state index in [1.165, 1.54) is 0 Å². The molecule has 1 saturated heterocycles. The Bertz CT molecular complexity index is 1210. The fourth-order valence-corrected chi connectivity index (χ4v) is 3.95.